The van der Waals surface area contributed by atoms with Crippen molar-refractivity contribution in [3.05, 3.63) is 82.9 Å². The number of anilines is 1. The zero-order valence-corrected chi connectivity index (χ0v) is 18.2. The number of carbonyl (C=O) groups is 1. The topological polar surface area (TPSA) is 105 Å². The van der Waals surface area contributed by atoms with Gasteiger partial charge in [0.15, 0.2) is 0 Å². The van der Waals surface area contributed by atoms with E-state index in [1.54, 1.807) is 49.8 Å². The summed E-state index contributed by atoms with van der Waals surface area (Å²) in [5.74, 6) is 1.40. The highest BCUT2D eigenvalue weighted by molar-refractivity contribution is 5.87. The molecule has 8 nitrogen and oxygen atoms in total. The Morgan fingerprint density at radius 2 is 1.97 bits per heavy atom. The smallest absolute Gasteiger partial charge is 0.411 e. The van der Waals surface area contributed by atoms with E-state index in [9.17, 15) is 14.7 Å². The van der Waals surface area contributed by atoms with Gasteiger partial charge in [0.25, 0.3) is 5.56 Å². The summed E-state index contributed by atoms with van der Waals surface area (Å²) in [6.45, 7) is 0.305. The fourth-order valence-electron chi connectivity index (χ4n) is 3.51. The van der Waals surface area contributed by atoms with E-state index in [0.717, 1.165) is 26.9 Å². The van der Waals surface area contributed by atoms with Gasteiger partial charge in [-0.25, -0.2) is 4.79 Å². The molecular weight excluding hydrogens is 422 g/mol. The number of amides is 1. The second kappa shape index (κ2) is 9.44. The Hall–Kier alpha value is -4.33. The van der Waals surface area contributed by atoms with Crippen LogP contribution in [0.4, 0.5) is 10.5 Å². The summed E-state index contributed by atoms with van der Waals surface area (Å²) in [7, 11) is 3.09. The zero-order valence-electron chi connectivity index (χ0n) is 18.2. The molecule has 0 saturated carbocycles. The zero-order chi connectivity index (χ0) is 23.4. The number of aromatic nitrogens is 2. The molecule has 2 aromatic heterocycles. The summed E-state index contributed by atoms with van der Waals surface area (Å²) in [4.78, 5) is 31.9. The molecule has 0 bridgehead atoms. The van der Waals surface area contributed by atoms with Crippen LogP contribution in [0.15, 0.2) is 71.8 Å². The third kappa shape index (κ3) is 4.79. The van der Waals surface area contributed by atoms with Gasteiger partial charge in [0.05, 0.1) is 19.2 Å². The van der Waals surface area contributed by atoms with E-state index in [4.69, 9.17) is 9.47 Å². The Kier molecular flexibility index (Phi) is 6.26. The number of hydrogen-bond donors (Lipinski definition) is 2. The highest BCUT2D eigenvalue weighted by Crippen LogP contribution is 2.27. The molecule has 0 unspecified atom stereocenters. The normalized spacial score (nSPS) is 10.7. The summed E-state index contributed by atoms with van der Waals surface area (Å²) in [5.41, 5.74) is 3.27. The standard InChI is InChI=1S/C25H23N3O5/c1-28(25(30)31)19-5-3-4-16(13-19)18-12-17(24(29)27-15-18)9-11-33-23-8-10-26-22-14-20(32-2)6-7-21(22)23/h3-8,10,12-15H,9,11H2,1-2H3,(H,27,29)(H,30,31). The number of fused-ring (bicyclic) bond motifs is 1. The molecule has 4 rings (SSSR count). The number of nitrogens with zero attached hydrogens (tertiary/aromatic N) is 2. The Morgan fingerprint density at radius 3 is 2.76 bits per heavy atom. The van der Waals surface area contributed by atoms with Gasteiger partial charge in [-0.05, 0) is 47.5 Å². The fourth-order valence-corrected chi connectivity index (χ4v) is 3.51. The maximum absolute atomic E-state index is 12.4. The van der Waals surface area contributed by atoms with Crippen molar-refractivity contribution >= 4 is 22.7 Å². The molecule has 0 radical (unpaired) electrons. The molecule has 0 aliphatic rings. The van der Waals surface area contributed by atoms with E-state index in [0.29, 0.717) is 35.8 Å². The second-order valence-corrected chi connectivity index (χ2v) is 7.43. The Bertz CT molecular complexity index is 1370. The third-order valence-electron chi connectivity index (χ3n) is 5.37. The number of hydrogen-bond acceptors (Lipinski definition) is 5. The first-order valence-corrected chi connectivity index (χ1v) is 10.3. The SMILES string of the molecule is COc1ccc2c(OCCc3cc(-c4cccc(N(C)C(=O)O)c4)c[nH]c3=O)ccnc2c1. The van der Waals surface area contributed by atoms with Crippen LogP contribution in [-0.2, 0) is 6.42 Å². The van der Waals surface area contributed by atoms with Gasteiger partial charge in [-0.2, -0.15) is 0 Å². The Balaban J connectivity index is 1.52. The lowest BCUT2D eigenvalue weighted by Crippen LogP contribution is -2.23. The van der Waals surface area contributed by atoms with E-state index in [1.807, 2.05) is 24.3 Å². The van der Waals surface area contributed by atoms with Crippen molar-refractivity contribution in [2.24, 2.45) is 0 Å². The minimum Gasteiger partial charge on any atom is -0.497 e. The monoisotopic (exact) mass is 445 g/mol. The molecule has 33 heavy (non-hydrogen) atoms. The second-order valence-electron chi connectivity index (χ2n) is 7.43. The largest absolute Gasteiger partial charge is 0.497 e. The summed E-state index contributed by atoms with van der Waals surface area (Å²) < 4.78 is 11.2. The van der Waals surface area contributed by atoms with Crippen molar-refractivity contribution in [1.82, 2.24) is 9.97 Å². The number of H-pyrrole nitrogens is 1. The summed E-state index contributed by atoms with van der Waals surface area (Å²) in [6, 6.07) is 16.3. The first-order chi connectivity index (χ1) is 16.0. The van der Waals surface area contributed by atoms with Gasteiger partial charge in [-0.3, -0.25) is 14.7 Å². The first kappa shape index (κ1) is 21.9. The molecule has 168 valence electrons. The Morgan fingerprint density at radius 1 is 1.12 bits per heavy atom. The van der Waals surface area contributed by atoms with E-state index in [1.165, 1.54) is 7.05 Å². The average Bonchev–Trinajstić information content (AvgIpc) is 2.84. The van der Waals surface area contributed by atoms with Crippen LogP contribution in [0.5, 0.6) is 11.5 Å². The van der Waals surface area contributed by atoms with Crippen molar-refractivity contribution in [3.63, 3.8) is 0 Å². The maximum Gasteiger partial charge on any atom is 0.411 e. The van der Waals surface area contributed by atoms with Crippen molar-refractivity contribution in [1.29, 1.82) is 0 Å². The van der Waals surface area contributed by atoms with Crippen LogP contribution in [0, 0.1) is 0 Å². The molecule has 0 aliphatic heterocycles. The predicted molar refractivity (Wildman–Crippen MR) is 126 cm³/mol. The molecule has 0 spiro atoms. The number of rotatable bonds is 7. The lowest BCUT2D eigenvalue weighted by molar-refractivity contribution is 0.203. The van der Waals surface area contributed by atoms with E-state index in [-0.39, 0.29) is 5.56 Å². The van der Waals surface area contributed by atoms with E-state index in [2.05, 4.69) is 9.97 Å². The number of ether oxygens (including phenoxy) is 2. The Labute approximate surface area is 190 Å². The van der Waals surface area contributed by atoms with Crippen molar-refractivity contribution in [2.45, 2.75) is 6.42 Å². The summed E-state index contributed by atoms with van der Waals surface area (Å²) in [6.07, 6.45) is 2.65. The van der Waals surface area contributed by atoms with Crippen LogP contribution in [0.1, 0.15) is 5.56 Å². The molecule has 1 amide bonds. The van der Waals surface area contributed by atoms with Gasteiger partial charge in [-0.1, -0.05) is 12.1 Å². The quantitative estimate of drug-likeness (QED) is 0.439. The van der Waals surface area contributed by atoms with Crippen LogP contribution < -0.4 is 19.9 Å². The van der Waals surface area contributed by atoms with Gasteiger partial charge < -0.3 is 19.6 Å². The predicted octanol–water partition coefficient (Wildman–Crippen LogP) is 4.33. The van der Waals surface area contributed by atoms with E-state index < -0.39 is 6.09 Å². The molecule has 4 aromatic rings. The lowest BCUT2D eigenvalue weighted by Gasteiger charge is -2.14. The number of methoxy groups -OCH3 is 1. The van der Waals surface area contributed by atoms with Gasteiger partial charge in [0.2, 0.25) is 0 Å². The molecule has 0 fully saturated rings. The average molecular weight is 445 g/mol. The lowest BCUT2D eigenvalue weighted by atomic mass is 10.0. The van der Waals surface area contributed by atoms with E-state index >= 15 is 0 Å². The van der Waals surface area contributed by atoms with Gasteiger partial charge in [-0.15, -0.1) is 0 Å². The highest BCUT2D eigenvalue weighted by Gasteiger charge is 2.11. The number of pyridine rings is 2. The minimum atomic E-state index is -1.05. The molecule has 0 saturated heterocycles. The molecule has 8 heteroatoms. The fraction of sp³-hybridized carbons (Fsp3) is 0.160. The molecule has 0 aliphatic carbocycles. The number of carboxylic acid groups (broad SMARTS) is 1. The van der Waals surface area contributed by atoms with Gasteiger partial charge in [0.1, 0.15) is 11.5 Å². The number of nitrogens with one attached hydrogen (secondary N) is 1. The maximum atomic E-state index is 12.4. The summed E-state index contributed by atoms with van der Waals surface area (Å²) in [5, 5.41) is 10.1. The van der Waals surface area contributed by atoms with Crippen LogP contribution in [0.2, 0.25) is 0 Å². The molecule has 2 heterocycles. The van der Waals surface area contributed by atoms with Gasteiger partial charge >= 0.3 is 6.09 Å². The number of aromatic amines is 1. The van der Waals surface area contributed by atoms with Crippen LogP contribution in [0.3, 0.4) is 0 Å². The van der Waals surface area contributed by atoms with Crippen molar-refractivity contribution in [2.75, 3.05) is 25.7 Å². The molecule has 2 N–H and O–H groups in total. The minimum absolute atomic E-state index is 0.189. The van der Waals surface area contributed by atoms with Crippen LogP contribution in [0.25, 0.3) is 22.0 Å². The third-order valence-corrected chi connectivity index (χ3v) is 5.37. The van der Waals surface area contributed by atoms with Crippen molar-refractivity contribution < 1.29 is 19.4 Å². The molecular formula is C25H23N3O5. The highest BCUT2D eigenvalue weighted by atomic mass is 16.5. The van der Waals surface area contributed by atoms with Crippen molar-refractivity contribution in [3.8, 4) is 22.6 Å². The molecule has 0 atom stereocenters. The van der Waals surface area contributed by atoms with Crippen LogP contribution >= 0.6 is 0 Å². The van der Waals surface area contributed by atoms with Gasteiger partial charge in [0, 0.05) is 48.6 Å². The van der Waals surface area contributed by atoms with Crippen LogP contribution in [-0.4, -0.2) is 41.9 Å². The molecule has 2 aromatic carbocycles. The summed E-state index contributed by atoms with van der Waals surface area (Å²) >= 11 is 0. The number of benzene rings is 2. The first-order valence-electron chi connectivity index (χ1n) is 10.3.